The van der Waals surface area contributed by atoms with E-state index >= 15 is 0 Å². The molecule has 2 aromatic carbocycles. The predicted octanol–water partition coefficient (Wildman–Crippen LogP) is 4.05. The van der Waals surface area contributed by atoms with Crippen molar-refractivity contribution in [1.29, 1.82) is 0 Å². The molecule has 5 heteroatoms. The second-order valence-corrected chi connectivity index (χ2v) is 6.58. The monoisotopic (exact) mass is 353 g/mol. The average molecular weight is 353 g/mol. The van der Waals surface area contributed by atoms with Crippen molar-refractivity contribution in [3.63, 3.8) is 0 Å². The number of hydrogen-bond donors (Lipinski definition) is 2. The van der Waals surface area contributed by atoms with Crippen LogP contribution in [0.4, 0.5) is 16.2 Å². The first-order chi connectivity index (χ1) is 12.7. The van der Waals surface area contributed by atoms with E-state index in [4.69, 9.17) is 4.74 Å². The normalized spacial score (nSPS) is 14.0. The fourth-order valence-electron chi connectivity index (χ4n) is 3.23. The number of anilines is 2. The largest absolute Gasteiger partial charge is 0.497 e. The molecule has 0 saturated carbocycles. The minimum absolute atomic E-state index is 0.182. The van der Waals surface area contributed by atoms with Crippen molar-refractivity contribution >= 4 is 17.4 Å². The van der Waals surface area contributed by atoms with E-state index in [-0.39, 0.29) is 6.03 Å². The molecular weight excluding hydrogens is 326 g/mol. The van der Waals surface area contributed by atoms with Crippen molar-refractivity contribution in [2.45, 2.75) is 25.7 Å². The number of ether oxygens (including phenoxy) is 1. The summed E-state index contributed by atoms with van der Waals surface area (Å²) in [4.78, 5) is 14.5. The Hall–Kier alpha value is -2.69. The Morgan fingerprint density at radius 2 is 1.85 bits per heavy atom. The lowest BCUT2D eigenvalue weighted by atomic mass is 10.1. The standard InChI is InChI=1S/C21H27N3O2/c1-26-20-7-5-6-17(16-20)12-13-22-21(25)23-18-8-10-19(11-9-18)24-14-3-2-4-15-24/h5-11,16H,2-4,12-15H2,1H3,(H2,22,23,25). The smallest absolute Gasteiger partial charge is 0.319 e. The van der Waals surface area contributed by atoms with Gasteiger partial charge >= 0.3 is 6.03 Å². The van der Waals surface area contributed by atoms with Crippen molar-refractivity contribution in [2.75, 3.05) is 37.0 Å². The van der Waals surface area contributed by atoms with Crippen LogP contribution in [0, 0.1) is 0 Å². The van der Waals surface area contributed by atoms with Crippen LogP contribution in [0.25, 0.3) is 0 Å². The van der Waals surface area contributed by atoms with E-state index in [1.807, 2.05) is 36.4 Å². The summed E-state index contributed by atoms with van der Waals surface area (Å²) in [6.45, 7) is 2.82. The van der Waals surface area contributed by atoms with Crippen molar-refractivity contribution in [1.82, 2.24) is 5.32 Å². The number of methoxy groups -OCH3 is 1. The van der Waals surface area contributed by atoms with Crippen molar-refractivity contribution in [3.8, 4) is 5.75 Å². The summed E-state index contributed by atoms with van der Waals surface area (Å²) in [5, 5.41) is 5.78. The molecule has 0 bridgehead atoms. The number of amides is 2. The van der Waals surface area contributed by atoms with E-state index in [2.05, 4.69) is 27.7 Å². The fraction of sp³-hybridized carbons (Fsp3) is 0.381. The summed E-state index contributed by atoms with van der Waals surface area (Å²) in [5.74, 6) is 0.834. The number of carbonyl (C=O) groups is 1. The molecule has 0 aliphatic carbocycles. The summed E-state index contributed by atoms with van der Waals surface area (Å²) in [6, 6.07) is 15.8. The molecule has 0 spiro atoms. The maximum atomic E-state index is 12.1. The van der Waals surface area contributed by atoms with Gasteiger partial charge in [0.2, 0.25) is 0 Å². The molecule has 2 amide bonds. The van der Waals surface area contributed by atoms with Gasteiger partial charge in [0.15, 0.2) is 0 Å². The quantitative estimate of drug-likeness (QED) is 0.824. The number of urea groups is 1. The Kier molecular flexibility index (Phi) is 6.36. The Morgan fingerprint density at radius 3 is 2.58 bits per heavy atom. The van der Waals surface area contributed by atoms with Crippen molar-refractivity contribution in [3.05, 3.63) is 54.1 Å². The van der Waals surface area contributed by atoms with Crippen molar-refractivity contribution in [2.24, 2.45) is 0 Å². The number of nitrogens with one attached hydrogen (secondary N) is 2. The van der Waals surface area contributed by atoms with Gasteiger partial charge in [-0.15, -0.1) is 0 Å². The van der Waals surface area contributed by atoms with Gasteiger partial charge in [0.05, 0.1) is 7.11 Å². The molecule has 138 valence electrons. The molecule has 0 atom stereocenters. The number of hydrogen-bond acceptors (Lipinski definition) is 3. The summed E-state index contributed by atoms with van der Waals surface area (Å²) in [5.41, 5.74) is 3.17. The first kappa shape index (κ1) is 18.1. The highest BCUT2D eigenvalue weighted by Crippen LogP contribution is 2.21. The van der Waals surface area contributed by atoms with Gasteiger partial charge in [-0.1, -0.05) is 12.1 Å². The van der Waals surface area contributed by atoms with E-state index < -0.39 is 0 Å². The van der Waals surface area contributed by atoms with Gasteiger partial charge in [0.1, 0.15) is 5.75 Å². The van der Waals surface area contributed by atoms with E-state index in [9.17, 15) is 4.79 Å². The van der Waals surface area contributed by atoms with Gasteiger partial charge in [-0.2, -0.15) is 0 Å². The Morgan fingerprint density at radius 1 is 1.08 bits per heavy atom. The highest BCUT2D eigenvalue weighted by atomic mass is 16.5. The fourth-order valence-corrected chi connectivity index (χ4v) is 3.23. The first-order valence-corrected chi connectivity index (χ1v) is 9.27. The molecule has 5 nitrogen and oxygen atoms in total. The SMILES string of the molecule is COc1cccc(CCNC(=O)Nc2ccc(N3CCCCC3)cc2)c1. The summed E-state index contributed by atoms with van der Waals surface area (Å²) >= 11 is 0. The van der Waals surface area contributed by atoms with Gasteiger partial charge in [0.25, 0.3) is 0 Å². The summed E-state index contributed by atoms with van der Waals surface area (Å²) in [7, 11) is 1.65. The molecule has 1 saturated heterocycles. The molecule has 2 aromatic rings. The van der Waals surface area contributed by atoms with Gasteiger partial charge in [-0.3, -0.25) is 0 Å². The van der Waals surface area contributed by atoms with E-state index in [0.29, 0.717) is 6.54 Å². The van der Waals surface area contributed by atoms with Crippen LogP contribution in [0.5, 0.6) is 5.75 Å². The summed E-state index contributed by atoms with van der Waals surface area (Å²) < 4.78 is 5.21. The maximum absolute atomic E-state index is 12.1. The van der Waals surface area contributed by atoms with Crippen LogP contribution in [-0.4, -0.2) is 32.8 Å². The predicted molar refractivity (Wildman–Crippen MR) is 106 cm³/mol. The lowest BCUT2D eigenvalue weighted by Crippen LogP contribution is -2.30. The summed E-state index contributed by atoms with van der Waals surface area (Å²) in [6.07, 6.45) is 4.61. The molecule has 1 heterocycles. The highest BCUT2D eigenvalue weighted by molar-refractivity contribution is 5.89. The molecule has 26 heavy (non-hydrogen) atoms. The average Bonchev–Trinajstić information content (AvgIpc) is 2.69. The molecule has 1 aliphatic rings. The van der Waals surface area contributed by atoms with Crippen LogP contribution < -0.4 is 20.3 Å². The van der Waals surface area contributed by atoms with Gasteiger partial charge in [-0.05, 0) is 67.6 Å². The number of piperidine rings is 1. The highest BCUT2D eigenvalue weighted by Gasteiger charge is 2.10. The van der Waals surface area contributed by atoms with E-state index in [1.165, 1.54) is 24.9 Å². The van der Waals surface area contributed by atoms with Gasteiger partial charge in [-0.25, -0.2) is 4.79 Å². The number of rotatable bonds is 6. The maximum Gasteiger partial charge on any atom is 0.319 e. The molecule has 0 unspecified atom stereocenters. The first-order valence-electron chi connectivity index (χ1n) is 9.27. The Labute approximate surface area is 155 Å². The van der Waals surface area contributed by atoms with Crippen LogP contribution in [0.1, 0.15) is 24.8 Å². The zero-order chi connectivity index (χ0) is 18.2. The third kappa shape index (κ3) is 5.15. The molecule has 2 N–H and O–H groups in total. The second kappa shape index (κ2) is 9.13. The Bertz CT molecular complexity index is 709. The Balaban J connectivity index is 1.44. The molecular formula is C21H27N3O2. The third-order valence-corrected chi connectivity index (χ3v) is 4.68. The minimum atomic E-state index is -0.182. The van der Waals surface area contributed by atoms with E-state index in [0.717, 1.165) is 36.5 Å². The molecule has 0 radical (unpaired) electrons. The number of nitrogens with zero attached hydrogens (tertiary/aromatic N) is 1. The van der Waals surface area contributed by atoms with Gasteiger partial charge in [0, 0.05) is 31.0 Å². The van der Waals surface area contributed by atoms with Gasteiger partial charge < -0.3 is 20.3 Å². The zero-order valence-electron chi connectivity index (χ0n) is 15.3. The molecule has 1 fully saturated rings. The van der Waals surface area contributed by atoms with Crippen molar-refractivity contribution < 1.29 is 9.53 Å². The van der Waals surface area contributed by atoms with Crippen LogP contribution in [0.2, 0.25) is 0 Å². The van der Waals surface area contributed by atoms with Crippen LogP contribution in [0.3, 0.4) is 0 Å². The molecule has 0 aromatic heterocycles. The number of carbonyl (C=O) groups excluding carboxylic acids is 1. The molecule has 3 rings (SSSR count). The minimum Gasteiger partial charge on any atom is -0.497 e. The van der Waals surface area contributed by atoms with Crippen LogP contribution in [-0.2, 0) is 6.42 Å². The topological polar surface area (TPSA) is 53.6 Å². The second-order valence-electron chi connectivity index (χ2n) is 6.58. The van der Waals surface area contributed by atoms with Crippen LogP contribution >= 0.6 is 0 Å². The lowest BCUT2D eigenvalue weighted by molar-refractivity contribution is 0.252. The number of benzene rings is 2. The zero-order valence-corrected chi connectivity index (χ0v) is 15.3. The third-order valence-electron chi connectivity index (χ3n) is 4.68. The van der Waals surface area contributed by atoms with E-state index in [1.54, 1.807) is 7.11 Å². The van der Waals surface area contributed by atoms with Crippen LogP contribution in [0.15, 0.2) is 48.5 Å². The molecule has 1 aliphatic heterocycles. The lowest BCUT2D eigenvalue weighted by Gasteiger charge is -2.28.